The minimum Gasteiger partial charge on any atom is -0.323 e. The number of imidazole rings is 1. The molecule has 1 heterocycles. The first-order valence-corrected chi connectivity index (χ1v) is 8.21. The zero-order valence-electron chi connectivity index (χ0n) is 11.9. The van der Waals surface area contributed by atoms with Crippen LogP contribution >= 0.6 is 23.2 Å². The van der Waals surface area contributed by atoms with E-state index in [0.29, 0.717) is 12.0 Å². The largest absolute Gasteiger partial charge is 0.323 e. The van der Waals surface area contributed by atoms with Gasteiger partial charge in [-0.05, 0) is 43.9 Å². The molecular formula is C16H20Cl2N2. The van der Waals surface area contributed by atoms with Crippen molar-refractivity contribution in [3.05, 3.63) is 29.0 Å². The lowest BCUT2D eigenvalue weighted by molar-refractivity contribution is 0.257. The first kappa shape index (κ1) is 14.2. The molecule has 0 saturated heterocycles. The monoisotopic (exact) mass is 310 g/mol. The summed E-state index contributed by atoms with van der Waals surface area (Å²) in [4.78, 5) is 4.73. The van der Waals surface area contributed by atoms with Crippen molar-refractivity contribution in [2.45, 2.75) is 50.9 Å². The van der Waals surface area contributed by atoms with E-state index in [2.05, 4.69) is 17.6 Å². The van der Waals surface area contributed by atoms with Crippen molar-refractivity contribution in [2.75, 3.05) is 0 Å². The van der Waals surface area contributed by atoms with Gasteiger partial charge in [-0.1, -0.05) is 31.4 Å². The minimum atomic E-state index is -0.0877. The van der Waals surface area contributed by atoms with Gasteiger partial charge in [0.15, 0.2) is 0 Å². The van der Waals surface area contributed by atoms with Crippen LogP contribution in [0.2, 0.25) is 5.02 Å². The van der Waals surface area contributed by atoms with Crippen molar-refractivity contribution in [1.29, 1.82) is 0 Å². The van der Waals surface area contributed by atoms with Gasteiger partial charge in [-0.2, -0.15) is 0 Å². The van der Waals surface area contributed by atoms with Gasteiger partial charge in [0.2, 0.25) is 0 Å². The van der Waals surface area contributed by atoms with E-state index in [0.717, 1.165) is 21.9 Å². The van der Waals surface area contributed by atoms with Gasteiger partial charge in [-0.3, -0.25) is 0 Å². The van der Waals surface area contributed by atoms with Crippen molar-refractivity contribution in [3.63, 3.8) is 0 Å². The van der Waals surface area contributed by atoms with Crippen LogP contribution in [-0.4, -0.2) is 9.55 Å². The topological polar surface area (TPSA) is 17.8 Å². The fraction of sp³-hybridized carbons (Fsp3) is 0.562. The molecule has 3 unspecified atom stereocenters. The van der Waals surface area contributed by atoms with E-state index in [1.807, 2.05) is 19.1 Å². The molecule has 1 fully saturated rings. The maximum atomic E-state index is 6.37. The second kappa shape index (κ2) is 5.57. The predicted octanol–water partition coefficient (Wildman–Crippen LogP) is 5.74. The molecule has 0 aliphatic heterocycles. The van der Waals surface area contributed by atoms with Crippen molar-refractivity contribution in [1.82, 2.24) is 9.55 Å². The Morgan fingerprint density at radius 3 is 2.75 bits per heavy atom. The second-order valence-electron chi connectivity index (χ2n) is 5.92. The molecule has 2 aromatic rings. The molecule has 1 aromatic carbocycles. The summed E-state index contributed by atoms with van der Waals surface area (Å²) < 4.78 is 2.37. The van der Waals surface area contributed by atoms with Crippen LogP contribution < -0.4 is 0 Å². The molecule has 2 nitrogen and oxygen atoms in total. The van der Waals surface area contributed by atoms with Gasteiger partial charge < -0.3 is 4.57 Å². The van der Waals surface area contributed by atoms with Gasteiger partial charge in [0.1, 0.15) is 5.82 Å². The van der Waals surface area contributed by atoms with Crippen LogP contribution in [0, 0.1) is 5.92 Å². The molecule has 1 aromatic heterocycles. The van der Waals surface area contributed by atoms with Gasteiger partial charge in [0.25, 0.3) is 0 Å². The smallest absolute Gasteiger partial charge is 0.127 e. The highest BCUT2D eigenvalue weighted by Gasteiger charge is 2.28. The Labute approximate surface area is 130 Å². The summed E-state index contributed by atoms with van der Waals surface area (Å²) >= 11 is 12.5. The summed E-state index contributed by atoms with van der Waals surface area (Å²) in [6.45, 7) is 4.34. The third-order valence-electron chi connectivity index (χ3n) is 4.43. The van der Waals surface area contributed by atoms with E-state index in [4.69, 9.17) is 28.2 Å². The third kappa shape index (κ3) is 2.44. The first-order chi connectivity index (χ1) is 9.58. The van der Waals surface area contributed by atoms with Crippen molar-refractivity contribution in [3.8, 4) is 0 Å². The predicted molar refractivity (Wildman–Crippen MR) is 85.7 cm³/mol. The fourth-order valence-electron chi connectivity index (χ4n) is 3.40. The van der Waals surface area contributed by atoms with Crippen LogP contribution in [0.3, 0.4) is 0 Å². The number of benzene rings is 1. The zero-order valence-corrected chi connectivity index (χ0v) is 13.5. The number of hydrogen-bond donors (Lipinski definition) is 0. The van der Waals surface area contributed by atoms with Gasteiger partial charge in [0.05, 0.1) is 16.4 Å². The lowest BCUT2D eigenvalue weighted by atomic mass is 9.85. The number of halogens is 2. The Bertz CT molecular complexity index is 618. The SMILES string of the molecule is CC(Cl)c1nc2cc(Cl)ccc2n1C1CCCCC1C. The Kier molecular flexibility index (Phi) is 3.96. The lowest BCUT2D eigenvalue weighted by Crippen LogP contribution is -2.23. The number of hydrogen-bond acceptors (Lipinski definition) is 1. The van der Waals surface area contributed by atoms with E-state index in [1.165, 1.54) is 25.7 Å². The molecule has 20 heavy (non-hydrogen) atoms. The van der Waals surface area contributed by atoms with Crippen LogP contribution in [0.1, 0.15) is 56.8 Å². The van der Waals surface area contributed by atoms with E-state index in [1.54, 1.807) is 0 Å². The summed E-state index contributed by atoms with van der Waals surface area (Å²) in [5.41, 5.74) is 2.12. The van der Waals surface area contributed by atoms with Gasteiger partial charge in [-0.25, -0.2) is 4.98 Å². The Morgan fingerprint density at radius 1 is 1.30 bits per heavy atom. The minimum absolute atomic E-state index is 0.0877. The highest BCUT2D eigenvalue weighted by atomic mass is 35.5. The maximum absolute atomic E-state index is 6.37. The number of aromatic nitrogens is 2. The van der Waals surface area contributed by atoms with Crippen LogP contribution in [0.15, 0.2) is 18.2 Å². The van der Waals surface area contributed by atoms with Crippen molar-refractivity contribution < 1.29 is 0 Å². The number of rotatable bonds is 2. The van der Waals surface area contributed by atoms with E-state index < -0.39 is 0 Å². The summed E-state index contributed by atoms with van der Waals surface area (Å²) in [6, 6.07) is 6.46. The average Bonchev–Trinajstić information content (AvgIpc) is 2.78. The molecule has 0 spiro atoms. The van der Waals surface area contributed by atoms with Crippen LogP contribution in [-0.2, 0) is 0 Å². The first-order valence-electron chi connectivity index (χ1n) is 7.39. The summed E-state index contributed by atoms with van der Waals surface area (Å²) in [6.07, 6.45) is 5.13. The Morgan fingerprint density at radius 2 is 2.05 bits per heavy atom. The van der Waals surface area contributed by atoms with Crippen LogP contribution in [0.25, 0.3) is 11.0 Å². The normalized spacial score (nSPS) is 25.0. The molecule has 1 aliphatic carbocycles. The van der Waals surface area contributed by atoms with Gasteiger partial charge in [0, 0.05) is 11.1 Å². The molecule has 4 heteroatoms. The third-order valence-corrected chi connectivity index (χ3v) is 4.86. The molecule has 3 atom stereocenters. The quantitative estimate of drug-likeness (QED) is 0.647. The van der Waals surface area contributed by atoms with E-state index in [-0.39, 0.29) is 5.38 Å². The molecule has 1 aliphatic rings. The molecule has 3 rings (SSSR count). The number of fused-ring (bicyclic) bond motifs is 1. The Hall–Kier alpha value is -0.730. The molecule has 0 amide bonds. The maximum Gasteiger partial charge on any atom is 0.127 e. The molecule has 0 N–H and O–H groups in total. The number of nitrogens with zero attached hydrogens (tertiary/aromatic N) is 2. The molecule has 1 saturated carbocycles. The molecule has 108 valence electrons. The summed E-state index contributed by atoms with van der Waals surface area (Å²) in [5.74, 6) is 1.65. The van der Waals surface area contributed by atoms with Crippen molar-refractivity contribution >= 4 is 34.2 Å². The molecule has 0 bridgehead atoms. The summed E-state index contributed by atoms with van der Waals surface area (Å²) in [5, 5.41) is 0.642. The van der Waals surface area contributed by atoms with Gasteiger partial charge >= 0.3 is 0 Å². The second-order valence-corrected chi connectivity index (χ2v) is 7.01. The highest BCUT2D eigenvalue weighted by Crippen LogP contribution is 2.39. The highest BCUT2D eigenvalue weighted by molar-refractivity contribution is 6.31. The fourth-order valence-corrected chi connectivity index (χ4v) is 3.72. The molecular weight excluding hydrogens is 291 g/mol. The Balaban J connectivity index is 2.18. The van der Waals surface area contributed by atoms with Crippen molar-refractivity contribution in [2.24, 2.45) is 5.92 Å². The summed E-state index contributed by atoms with van der Waals surface area (Å²) in [7, 11) is 0. The molecule has 0 radical (unpaired) electrons. The zero-order chi connectivity index (χ0) is 14.3. The van der Waals surface area contributed by atoms with E-state index in [9.17, 15) is 0 Å². The average molecular weight is 311 g/mol. The lowest BCUT2D eigenvalue weighted by Gasteiger charge is -2.32. The van der Waals surface area contributed by atoms with Gasteiger partial charge in [-0.15, -0.1) is 11.6 Å². The number of alkyl halides is 1. The van der Waals surface area contributed by atoms with E-state index >= 15 is 0 Å². The van der Waals surface area contributed by atoms with Crippen LogP contribution in [0.5, 0.6) is 0 Å². The van der Waals surface area contributed by atoms with Crippen LogP contribution in [0.4, 0.5) is 0 Å². The standard InChI is InChI=1S/C16H20Cl2N2/c1-10-5-3-4-6-14(10)20-15-8-7-12(18)9-13(15)19-16(20)11(2)17/h7-11,14H,3-6H2,1-2H3.